The van der Waals surface area contributed by atoms with Gasteiger partial charge in [0.2, 0.25) is 0 Å². The van der Waals surface area contributed by atoms with Crippen LogP contribution in [0.2, 0.25) is 0 Å². The Kier molecular flexibility index (Phi) is 6.83. The zero-order chi connectivity index (χ0) is 19.1. The van der Waals surface area contributed by atoms with Gasteiger partial charge in [-0.05, 0) is 38.3 Å². The van der Waals surface area contributed by atoms with Gasteiger partial charge in [0.05, 0.1) is 24.9 Å². The van der Waals surface area contributed by atoms with E-state index in [0.29, 0.717) is 12.6 Å². The smallest absolute Gasteiger partial charge is 0.191 e. The minimum atomic E-state index is -0.625. The molecule has 6 nitrogen and oxygen atoms in total. The Bertz CT molecular complexity index is 628. The molecule has 0 bridgehead atoms. The van der Waals surface area contributed by atoms with Crippen molar-refractivity contribution >= 4 is 11.6 Å². The quantitative estimate of drug-likeness (QED) is 0.527. The zero-order valence-electron chi connectivity index (χ0n) is 16.7. The molecule has 1 atom stereocenters. The third kappa shape index (κ3) is 5.28. The van der Waals surface area contributed by atoms with Gasteiger partial charge < -0.3 is 25.4 Å². The van der Waals surface area contributed by atoms with E-state index < -0.39 is 5.60 Å². The van der Waals surface area contributed by atoms with Crippen LogP contribution in [0.4, 0.5) is 5.69 Å². The van der Waals surface area contributed by atoms with Gasteiger partial charge in [-0.1, -0.05) is 31.4 Å². The van der Waals surface area contributed by atoms with Crippen molar-refractivity contribution in [3.05, 3.63) is 24.3 Å². The number of rotatable bonds is 6. The number of benzene rings is 1. The highest BCUT2D eigenvalue weighted by Crippen LogP contribution is 2.30. The SMILES string of the molecule is CCNC(=NCC1(O)CCCCC1)NC1CCN(c2ccccc2OC)C1. The number of aliphatic imine (C=N–C) groups is 1. The minimum absolute atomic E-state index is 0.328. The zero-order valence-corrected chi connectivity index (χ0v) is 16.7. The number of hydrogen-bond donors (Lipinski definition) is 3. The van der Waals surface area contributed by atoms with Crippen molar-refractivity contribution in [2.45, 2.75) is 57.1 Å². The maximum absolute atomic E-state index is 10.7. The number of hydrogen-bond acceptors (Lipinski definition) is 4. The highest BCUT2D eigenvalue weighted by atomic mass is 16.5. The number of aliphatic hydroxyl groups is 1. The van der Waals surface area contributed by atoms with E-state index in [4.69, 9.17) is 9.73 Å². The molecule has 0 spiro atoms. The van der Waals surface area contributed by atoms with Crippen LogP contribution in [-0.2, 0) is 0 Å². The van der Waals surface area contributed by atoms with Gasteiger partial charge in [0.1, 0.15) is 5.75 Å². The van der Waals surface area contributed by atoms with Crippen molar-refractivity contribution in [3.63, 3.8) is 0 Å². The highest BCUT2D eigenvalue weighted by molar-refractivity contribution is 5.80. The molecule has 1 aliphatic carbocycles. The Morgan fingerprint density at radius 2 is 2.07 bits per heavy atom. The number of para-hydroxylation sites is 2. The summed E-state index contributed by atoms with van der Waals surface area (Å²) >= 11 is 0. The van der Waals surface area contributed by atoms with Crippen molar-refractivity contribution in [3.8, 4) is 5.75 Å². The first-order chi connectivity index (χ1) is 13.1. The average Bonchev–Trinajstić information content (AvgIpc) is 3.15. The summed E-state index contributed by atoms with van der Waals surface area (Å²) in [6.07, 6.45) is 6.21. The van der Waals surface area contributed by atoms with Crippen molar-refractivity contribution in [1.29, 1.82) is 0 Å². The summed E-state index contributed by atoms with van der Waals surface area (Å²) in [6, 6.07) is 8.49. The molecule has 0 radical (unpaired) electrons. The van der Waals surface area contributed by atoms with Crippen LogP contribution < -0.4 is 20.3 Å². The largest absolute Gasteiger partial charge is 0.495 e. The van der Waals surface area contributed by atoms with Gasteiger partial charge in [0, 0.05) is 25.7 Å². The molecular formula is C21H34N4O2. The molecule has 6 heteroatoms. The van der Waals surface area contributed by atoms with E-state index in [1.54, 1.807) is 7.11 Å². The molecule has 1 heterocycles. The number of methoxy groups -OCH3 is 1. The number of ether oxygens (including phenoxy) is 1. The maximum Gasteiger partial charge on any atom is 0.191 e. The molecule has 1 saturated carbocycles. The summed E-state index contributed by atoms with van der Waals surface area (Å²) in [5.74, 6) is 1.72. The van der Waals surface area contributed by atoms with E-state index in [1.807, 2.05) is 12.1 Å². The summed E-state index contributed by atoms with van der Waals surface area (Å²) in [6.45, 7) is 5.26. The third-order valence-electron chi connectivity index (χ3n) is 5.61. The molecule has 1 aromatic carbocycles. The molecule has 1 unspecified atom stereocenters. The third-order valence-corrected chi connectivity index (χ3v) is 5.61. The Labute approximate surface area is 163 Å². The minimum Gasteiger partial charge on any atom is -0.495 e. The summed E-state index contributed by atoms with van der Waals surface area (Å²) in [7, 11) is 1.72. The number of guanidine groups is 1. The molecule has 1 saturated heterocycles. The second kappa shape index (κ2) is 9.31. The van der Waals surface area contributed by atoms with Gasteiger partial charge in [0.25, 0.3) is 0 Å². The van der Waals surface area contributed by atoms with Crippen LogP contribution in [0.5, 0.6) is 5.75 Å². The molecule has 3 N–H and O–H groups in total. The summed E-state index contributed by atoms with van der Waals surface area (Å²) in [5, 5.41) is 17.6. The first-order valence-corrected chi connectivity index (χ1v) is 10.3. The molecule has 0 amide bonds. The fourth-order valence-corrected chi connectivity index (χ4v) is 4.10. The van der Waals surface area contributed by atoms with E-state index in [0.717, 1.165) is 69.1 Å². The monoisotopic (exact) mass is 374 g/mol. The van der Waals surface area contributed by atoms with Gasteiger partial charge in [-0.3, -0.25) is 4.99 Å². The van der Waals surface area contributed by atoms with E-state index in [1.165, 1.54) is 6.42 Å². The lowest BCUT2D eigenvalue weighted by Gasteiger charge is -2.30. The molecule has 2 aliphatic rings. The second-order valence-electron chi connectivity index (χ2n) is 7.73. The van der Waals surface area contributed by atoms with Crippen molar-refractivity contribution in [2.75, 3.05) is 38.2 Å². The Morgan fingerprint density at radius 3 is 2.81 bits per heavy atom. The maximum atomic E-state index is 10.7. The normalized spacial score (nSPS) is 22.6. The average molecular weight is 375 g/mol. The van der Waals surface area contributed by atoms with Crippen molar-refractivity contribution < 1.29 is 9.84 Å². The number of anilines is 1. The molecule has 1 aromatic rings. The Hall–Kier alpha value is -1.95. The van der Waals surface area contributed by atoms with Crippen LogP contribution in [0.1, 0.15) is 45.4 Å². The van der Waals surface area contributed by atoms with E-state index in [2.05, 4.69) is 34.6 Å². The molecule has 27 heavy (non-hydrogen) atoms. The standard InChI is InChI=1S/C21H34N4O2/c1-3-22-20(23-16-21(26)12-7-4-8-13-21)24-17-11-14-25(15-17)18-9-5-6-10-19(18)27-2/h5-6,9-10,17,26H,3-4,7-8,11-16H2,1-2H3,(H2,22,23,24). The summed E-state index contributed by atoms with van der Waals surface area (Å²) < 4.78 is 5.50. The van der Waals surface area contributed by atoms with E-state index >= 15 is 0 Å². The first-order valence-electron chi connectivity index (χ1n) is 10.3. The Morgan fingerprint density at radius 1 is 1.30 bits per heavy atom. The van der Waals surface area contributed by atoms with Crippen LogP contribution in [0.15, 0.2) is 29.3 Å². The second-order valence-corrected chi connectivity index (χ2v) is 7.73. The van der Waals surface area contributed by atoms with Crippen molar-refractivity contribution in [1.82, 2.24) is 10.6 Å². The molecule has 3 rings (SSSR count). The van der Waals surface area contributed by atoms with Gasteiger partial charge in [-0.2, -0.15) is 0 Å². The predicted octanol–water partition coefficient (Wildman–Crippen LogP) is 2.52. The highest BCUT2D eigenvalue weighted by Gasteiger charge is 2.29. The molecular weight excluding hydrogens is 340 g/mol. The van der Waals surface area contributed by atoms with Gasteiger partial charge in [0.15, 0.2) is 5.96 Å². The van der Waals surface area contributed by atoms with Gasteiger partial charge in [-0.25, -0.2) is 0 Å². The fraction of sp³-hybridized carbons (Fsp3) is 0.667. The van der Waals surface area contributed by atoms with E-state index in [9.17, 15) is 5.11 Å². The first kappa shape index (κ1) is 19.8. The Balaban J connectivity index is 1.59. The predicted molar refractivity (Wildman–Crippen MR) is 111 cm³/mol. The molecule has 1 aliphatic heterocycles. The number of nitrogens with zero attached hydrogens (tertiary/aromatic N) is 2. The van der Waals surface area contributed by atoms with Crippen LogP contribution >= 0.6 is 0 Å². The lowest BCUT2D eigenvalue weighted by atomic mass is 9.85. The fourth-order valence-electron chi connectivity index (χ4n) is 4.10. The summed E-state index contributed by atoms with van der Waals surface area (Å²) in [4.78, 5) is 7.06. The molecule has 2 fully saturated rings. The lowest BCUT2D eigenvalue weighted by Crippen LogP contribution is -2.46. The van der Waals surface area contributed by atoms with Crippen LogP contribution in [0.25, 0.3) is 0 Å². The molecule has 150 valence electrons. The molecule has 0 aromatic heterocycles. The van der Waals surface area contributed by atoms with Gasteiger partial charge >= 0.3 is 0 Å². The van der Waals surface area contributed by atoms with Gasteiger partial charge in [-0.15, -0.1) is 0 Å². The lowest BCUT2D eigenvalue weighted by molar-refractivity contribution is 0.0131. The van der Waals surface area contributed by atoms with Crippen LogP contribution in [0.3, 0.4) is 0 Å². The summed E-state index contributed by atoms with van der Waals surface area (Å²) in [5.41, 5.74) is 0.516. The van der Waals surface area contributed by atoms with Crippen molar-refractivity contribution in [2.24, 2.45) is 4.99 Å². The number of nitrogens with one attached hydrogen (secondary N) is 2. The van der Waals surface area contributed by atoms with Crippen LogP contribution in [-0.4, -0.2) is 56.0 Å². The topological polar surface area (TPSA) is 69.1 Å². The van der Waals surface area contributed by atoms with E-state index in [-0.39, 0.29) is 0 Å². The van der Waals surface area contributed by atoms with Crippen LogP contribution in [0, 0.1) is 0 Å².